The van der Waals surface area contributed by atoms with E-state index in [0.29, 0.717) is 61.4 Å². The molecular weight excluding hydrogens is 632 g/mol. The van der Waals surface area contributed by atoms with Crippen molar-refractivity contribution in [3.05, 3.63) is 11.6 Å². The first-order valence-corrected chi connectivity index (χ1v) is 18.8. The Bertz CT molecular complexity index is 1340. The van der Waals surface area contributed by atoms with Crippen LogP contribution in [0.3, 0.4) is 0 Å². The maximum Gasteiger partial charge on any atom is 0.397 e. The molecule has 6 rings (SSSR count). The van der Waals surface area contributed by atoms with Crippen molar-refractivity contribution < 1.29 is 56.6 Å². The number of ether oxygens (including phenoxy) is 3. The van der Waals surface area contributed by atoms with Crippen molar-refractivity contribution in [3.8, 4) is 0 Å². The summed E-state index contributed by atoms with van der Waals surface area (Å²) in [5, 5.41) is 40.4. The van der Waals surface area contributed by atoms with Gasteiger partial charge < -0.3 is 34.6 Å². The number of allylic oxidation sites excluding steroid dienone is 2. The Morgan fingerprint density at radius 3 is 2.30 bits per heavy atom. The molecule has 0 aromatic rings. The average molecular weight is 687 g/mol. The Balaban J connectivity index is 1.23. The zero-order valence-electron chi connectivity index (χ0n) is 28.3. The number of carbonyl (C=O) groups is 1. The van der Waals surface area contributed by atoms with E-state index < -0.39 is 64.7 Å². The standard InChI is InChI=1S/C34H54O12S/c1-15(2)16(3)28-29(44-28)17(4)20-7-8-21-19-14-24(46-47(40,41)42)23-13-18(9-11-34(23,6)22(19)10-12-33(20,21)5)43-32-27(37)25(35)26(36)30(45-32)31(38)39/h10,15-21,23-30,32,35-37H,7-9,11-14H2,1-6H3,(H,38,39)(H,40,41,42)/t16-,17-,18+,19+,20+,21-,23-,24+,25-,26-,27+,28-,29-,30-,32+,33-,34-/m1/s1. The number of carboxylic acids is 1. The smallest absolute Gasteiger partial charge is 0.397 e. The van der Waals surface area contributed by atoms with Crippen LogP contribution >= 0.6 is 0 Å². The molecule has 4 aliphatic carbocycles. The molecule has 2 aliphatic heterocycles. The van der Waals surface area contributed by atoms with E-state index in [1.807, 2.05) is 0 Å². The van der Waals surface area contributed by atoms with Crippen LogP contribution in [-0.4, -0.2) is 94.5 Å². The van der Waals surface area contributed by atoms with Gasteiger partial charge in [0, 0.05) is 0 Å². The molecule has 17 atom stereocenters. The Morgan fingerprint density at radius 2 is 1.66 bits per heavy atom. The Morgan fingerprint density at radius 1 is 0.957 bits per heavy atom. The first-order valence-electron chi connectivity index (χ1n) is 17.5. The highest BCUT2D eigenvalue weighted by atomic mass is 32.3. The van der Waals surface area contributed by atoms with Gasteiger partial charge in [-0.25, -0.2) is 8.98 Å². The lowest BCUT2D eigenvalue weighted by Crippen LogP contribution is -2.61. The number of aliphatic carboxylic acids is 1. The largest absolute Gasteiger partial charge is 0.479 e. The zero-order chi connectivity index (χ0) is 34.4. The van der Waals surface area contributed by atoms with Crippen LogP contribution in [0, 0.1) is 52.3 Å². The molecule has 12 nitrogen and oxygen atoms in total. The SMILES string of the molecule is CC(C)[C@@H](C)[C@H]1O[C@@H]1[C@H](C)[C@@H]1CC[C@@H]2[C@@H]3C[C@H](OS(=O)(=O)O)[C@H]4C[C@@H](O[C@H]5O[C@@H](C(=O)O)[C@H](O)[C@@H](O)[C@@H]5O)CC[C@]4(C)C3=CC[C@@]21C. The molecule has 2 heterocycles. The predicted octanol–water partition coefficient (Wildman–Crippen LogP) is 3.34. The van der Waals surface area contributed by atoms with Crippen molar-refractivity contribution in [2.45, 2.75) is 142 Å². The fourth-order valence-electron chi connectivity index (χ4n) is 10.7. The molecule has 3 saturated carbocycles. The average Bonchev–Trinajstić information content (AvgIpc) is 3.70. The molecule has 0 amide bonds. The van der Waals surface area contributed by atoms with Crippen LogP contribution in [-0.2, 0) is 33.6 Å². The molecular formula is C34H54O12S. The first-order chi connectivity index (χ1) is 21.9. The molecule has 5 fully saturated rings. The molecule has 5 N–H and O–H groups in total. The summed E-state index contributed by atoms with van der Waals surface area (Å²) in [4.78, 5) is 11.6. The predicted molar refractivity (Wildman–Crippen MR) is 168 cm³/mol. The summed E-state index contributed by atoms with van der Waals surface area (Å²) in [6.45, 7) is 13.6. The molecule has 13 heteroatoms. The summed E-state index contributed by atoms with van der Waals surface area (Å²) in [5.41, 5.74) is 0.906. The van der Waals surface area contributed by atoms with E-state index in [1.54, 1.807) is 0 Å². The van der Waals surface area contributed by atoms with E-state index in [1.165, 1.54) is 5.57 Å². The lowest BCUT2D eigenvalue weighted by molar-refractivity contribution is -0.309. The Kier molecular flexibility index (Phi) is 9.53. The first kappa shape index (κ1) is 35.7. The number of epoxide rings is 1. The molecule has 0 bridgehead atoms. The van der Waals surface area contributed by atoms with Crippen LogP contribution in [0.15, 0.2) is 11.6 Å². The van der Waals surface area contributed by atoms with Crippen LogP contribution in [0.25, 0.3) is 0 Å². The summed E-state index contributed by atoms with van der Waals surface area (Å²) >= 11 is 0. The van der Waals surface area contributed by atoms with Crippen molar-refractivity contribution >= 4 is 16.4 Å². The summed E-state index contributed by atoms with van der Waals surface area (Å²) in [5.74, 6) is 0.509. The van der Waals surface area contributed by atoms with Crippen molar-refractivity contribution in [1.29, 1.82) is 0 Å². The normalized spacial score (nSPS) is 49.3. The molecule has 0 aromatic carbocycles. The number of rotatable bonds is 9. The number of aliphatic hydroxyl groups is 3. The van der Waals surface area contributed by atoms with Crippen LogP contribution in [0.5, 0.6) is 0 Å². The monoisotopic (exact) mass is 686 g/mol. The molecule has 0 spiro atoms. The number of carboxylic acid groups (broad SMARTS) is 1. The van der Waals surface area contributed by atoms with Crippen LogP contribution in [0.2, 0.25) is 0 Å². The van der Waals surface area contributed by atoms with Crippen LogP contribution in [0.4, 0.5) is 0 Å². The Hall–Kier alpha value is -1.16. The number of hydrogen-bond donors (Lipinski definition) is 5. The fourth-order valence-corrected chi connectivity index (χ4v) is 11.3. The molecule has 0 aromatic heterocycles. The third-order valence-electron chi connectivity index (χ3n) is 13.7. The third-order valence-corrected chi connectivity index (χ3v) is 14.2. The number of aliphatic hydroxyl groups excluding tert-OH is 3. The molecule has 47 heavy (non-hydrogen) atoms. The zero-order valence-corrected chi connectivity index (χ0v) is 29.1. The lowest BCUT2D eigenvalue weighted by atomic mass is 9.47. The lowest BCUT2D eigenvalue weighted by Gasteiger charge is -2.59. The maximum atomic E-state index is 12.2. The van der Waals surface area contributed by atoms with E-state index in [4.69, 9.17) is 18.4 Å². The molecule has 0 radical (unpaired) electrons. The molecule has 6 aliphatic rings. The van der Waals surface area contributed by atoms with E-state index >= 15 is 0 Å². The van der Waals surface area contributed by atoms with E-state index in [0.717, 1.165) is 19.3 Å². The minimum atomic E-state index is -4.78. The Labute approximate surface area is 278 Å². The van der Waals surface area contributed by atoms with Crippen molar-refractivity contribution in [1.82, 2.24) is 0 Å². The highest BCUT2D eigenvalue weighted by molar-refractivity contribution is 7.80. The van der Waals surface area contributed by atoms with Gasteiger partial charge in [-0.3, -0.25) is 4.55 Å². The maximum absolute atomic E-state index is 12.2. The fraction of sp³-hybridized carbons (Fsp3) is 0.912. The van der Waals surface area contributed by atoms with Crippen molar-refractivity contribution in [2.75, 3.05) is 0 Å². The van der Waals surface area contributed by atoms with Gasteiger partial charge in [-0.15, -0.1) is 0 Å². The van der Waals surface area contributed by atoms with Gasteiger partial charge in [-0.05, 0) is 97.2 Å². The molecule has 0 unspecified atom stereocenters. The van der Waals surface area contributed by atoms with E-state index in [9.17, 15) is 38.2 Å². The minimum absolute atomic E-state index is 0.0256. The third kappa shape index (κ3) is 6.24. The molecule has 268 valence electrons. The topological polar surface area (TPSA) is 193 Å². The quantitative estimate of drug-likeness (QED) is 0.103. The minimum Gasteiger partial charge on any atom is -0.479 e. The van der Waals surface area contributed by atoms with Gasteiger partial charge in [0.25, 0.3) is 0 Å². The number of hydrogen-bond acceptors (Lipinski definition) is 10. The second-order valence-corrected chi connectivity index (χ2v) is 17.4. The number of fused-ring (bicyclic) bond motifs is 5. The summed E-state index contributed by atoms with van der Waals surface area (Å²) < 4.78 is 57.5. The van der Waals surface area contributed by atoms with Crippen LogP contribution in [0.1, 0.15) is 86.5 Å². The van der Waals surface area contributed by atoms with Gasteiger partial charge in [-0.1, -0.05) is 53.2 Å². The van der Waals surface area contributed by atoms with Gasteiger partial charge in [0.05, 0.1) is 24.4 Å². The van der Waals surface area contributed by atoms with Gasteiger partial charge in [0.1, 0.15) is 18.3 Å². The van der Waals surface area contributed by atoms with E-state index in [2.05, 4.69) is 47.6 Å². The summed E-state index contributed by atoms with van der Waals surface area (Å²) in [6.07, 6.45) is -2.13. The van der Waals surface area contributed by atoms with Crippen molar-refractivity contribution in [2.24, 2.45) is 52.3 Å². The second-order valence-electron chi connectivity index (χ2n) is 16.4. The summed E-state index contributed by atoms with van der Waals surface area (Å²) in [6, 6.07) is 0. The van der Waals surface area contributed by atoms with Crippen LogP contribution < -0.4 is 0 Å². The molecule has 2 saturated heterocycles. The summed E-state index contributed by atoms with van der Waals surface area (Å²) in [7, 11) is -4.78. The van der Waals surface area contributed by atoms with Gasteiger partial charge in [0.2, 0.25) is 0 Å². The highest BCUT2D eigenvalue weighted by Gasteiger charge is 2.63. The second kappa shape index (κ2) is 12.6. The van der Waals surface area contributed by atoms with Gasteiger partial charge >= 0.3 is 16.4 Å². The van der Waals surface area contributed by atoms with E-state index in [-0.39, 0.29) is 23.4 Å². The van der Waals surface area contributed by atoms with Gasteiger partial charge in [-0.2, -0.15) is 8.42 Å². The van der Waals surface area contributed by atoms with Gasteiger partial charge in [0.15, 0.2) is 12.4 Å². The highest BCUT2D eigenvalue weighted by Crippen LogP contribution is 2.67. The van der Waals surface area contributed by atoms with Crippen molar-refractivity contribution in [3.63, 3.8) is 0 Å².